The molecule has 1 aliphatic heterocycles. The van der Waals surface area contributed by atoms with E-state index in [0.29, 0.717) is 29.7 Å². The number of carbonyl (C=O) groups is 2. The van der Waals surface area contributed by atoms with E-state index in [1.807, 2.05) is 6.92 Å². The summed E-state index contributed by atoms with van der Waals surface area (Å²) in [5, 5.41) is 3.50. The molecule has 0 aromatic carbocycles. The van der Waals surface area contributed by atoms with Crippen molar-refractivity contribution in [2.45, 2.75) is 20.8 Å². The predicted molar refractivity (Wildman–Crippen MR) is 69.6 cm³/mol. The molecule has 0 atom stereocenters. The molecule has 0 amide bonds. The summed E-state index contributed by atoms with van der Waals surface area (Å²) in [5.74, 6) is -0.174. The SMILES string of the molecule is CCOC(=O)/C=C1\NC(C(=O)OCC)=C(C)CS1. The molecule has 0 unspecified atom stereocenters. The normalized spacial score (nSPS) is 17.4. The van der Waals surface area contributed by atoms with Gasteiger partial charge in [0, 0.05) is 5.75 Å². The molecule has 100 valence electrons. The monoisotopic (exact) mass is 271 g/mol. The molecule has 0 fully saturated rings. The fourth-order valence-corrected chi connectivity index (χ4v) is 2.19. The first kappa shape index (κ1) is 14.6. The summed E-state index contributed by atoms with van der Waals surface area (Å²) >= 11 is 1.45. The Labute approximate surface area is 111 Å². The molecule has 0 aliphatic carbocycles. The number of thioether (sulfide) groups is 1. The summed E-state index contributed by atoms with van der Waals surface area (Å²) in [5.41, 5.74) is 1.31. The van der Waals surface area contributed by atoms with Crippen LogP contribution in [0.5, 0.6) is 0 Å². The predicted octanol–water partition coefficient (Wildman–Crippen LogP) is 1.56. The van der Waals surface area contributed by atoms with Crippen molar-refractivity contribution >= 4 is 23.7 Å². The van der Waals surface area contributed by atoms with Gasteiger partial charge in [-0.25, -0.2) is 9.59 Å². The lowest BCUT2D eigenvalue weighted by molar-refractivity contribution is -0.139. The third-order valence-corrected chi connectivity index (χ3v) is 3.24. The number of ether oxygens (including phenoxy) is 2. The molecule has 0 bridgehead atoms. The minimum atomic E-state index is -0.421. The van der Waals surface area contributed by atoms with Crippen LogP contribution in [0, 0.1) is 0 Å². The minimum Gasteiger partial charge on any atom is -0.463 e. The van der Waals surface area contributed by atoms with Crippen LogP contribution in [0.4, 0.5) is 0 Å². The van der Waals surface area contributed by atoms with Gasteiger partial charge in [0.1, 0.15) is 5.70 Å². The molecule has 1 N–H and O–H groups in total. The van der Waals surface area contributed by atoms with E-state index in [-0.39, 0.29) is 0 Å². The molecule has 1 aliphatic rings. The maximum Gasteiger partial charge on any atom is 0.354 e. The first-order chi connectivity index (χ1) is 8.58. The molecule has 0 saturated heterocycles. The van der Waals surface area contributed by atoms with E-state index in [2.05, 4.69) is 5.32 Å². The summed E-state index contributed by atoms with van der Waals surface area (Å²) < 4.78 is 9.75. The smallest absolute Gasteiger partial charge is 0.354 e. The summed E-state index contributed by atoms with van der Waals surface area (Å²) in [6.07, 6.45) is 1.35. The van der Waals surface area contributed by atoms with Crippen molar-refractivity contribution < 1.29 is 19.1 Å². The number of esters is 2. The summed E-state index contributed by atoms with van der Waals surface area (Å²) in [7, 11) is 0. The van der Waals surface area contributed by atoms with Crippen molar-refractivity contribution in [3.63, 3.8) is 0 Å². The zero-order valence-electron chi connectivity index (χ0n) is 10.7. The van der Waals surface area contributed by atoms with Gasteiger partial charge in [0.05, 0.1) is 24.3 Å². The van der Waals surface area contributed by atoms with E-state index in [4.69, 9.17) is 9.47 Å². The molecule has 1 heterocycles. The molecule has 6 heteroatoms. The van der Waals surface area contributed by atoms with Crippen LogP contribution in [-0.4, -0.2) is 30.9 Å². The fraction of sp³-hybridized carbons (Fsp3) is 0.500. The average Bonchev–Trinajstić information content (AvgIpc) is 2.32. The van der Waals surface area contributed by atoms with Gasteiger partial charge in [-0.05, 0) is 26.3 Å². The number of hydrogen-bond donors (Lipinski definition) is 1. The van der Waals surface area contributed by atoms with Gasteiger partial charge in [-0.15, -0.1) is 11.8 Å². The molecular weight excluding hydrogens is 254 g/mol. The topological polar surface area (TPSA) is 64.6 Å². The number of rotatable bonds is 4. The van der Waals surface area contributed by atoms with Gasteiger partial charge in [-0.1, -0.05) is 0 Å². The highest BCUT2D eigenvalue weighted by atomic mass is 32.2. The highest BCUT2D eigenvalue weighted by molar-refractivity contribution is 8.03. The molecule has 0 radical (unpaired) electrons. The van der Waals surface area contributed by atoms with Crippen molar-refractivity contribution in [1.29, 1.82) is 0 Å². The summed E-state index contributed by atoms with van der Waals surface area (Å²) in [4.78, 5) is 23.0. The van der Waals surface area contributed by atoms with Crippen LogP contribution in [0.2, 0.25) is 0 Å². The van der Waals surface area contributed by atoms with Crippen molar-refractivity contribution in [2.24, 2.45) is 0 Å². The lowest BCUT2D eigenvalue weighted by atomic mass is 10.2. The number of nitrogens with one attached hydrogen (secondary N) is 1. The Morgan fingerprint density at radius 1 is 1.33 bits per heavy atom. The molecular formula is C12H17NO4S. The lowest BCUT2D eigenvalue weighted by Gasteiger charge is -2.20. The van der Waals surface area contributed by atoms with Crippen molar-refractivity contribution in [1.82, 2.24) is 5.32 Å². The van der Waals surface area contributed by atoms with Gasteiger partial charge in [0.2, 0.25) is 0 Å². The standard InChI is InChI=1S/C12H17NO4S/c1-4-16-10(14)6-9-13-11(8(3)7-18-9)12(15)17-5-2/h6,13H,4-5,7H2,1-3H3/b9-6+. The summed E-state index contributed by atoms with van der Waals surface area (Å²) in [6.45, 7) is 5.99. The van der Waals surface area contributed by atoms with Crippen LogP contribution in [0.15, 0.2) is 22.4 Å². The van der Waals surface area contributed by atoms with Gasteiger partial charge in [-0.2, -0.15) is 0 Å². The maximum atomic E-state index is 11.7. The molecule has 0 spiro atoms. The summed E-state index contributed by atoms with van der Waals surface area (Å²) in [6, 6.07) is 0. The van der Waals surface area contributed by atoms with E-state index in [9.17, 15) is 9.59 Å². The van der Waals surface area contributed by atoms with E-state index in [0.717, 1.165) is 5.57 Å². The second-order valence-electron chi connectivity index (χ2n) is 3.55. The van der Waals surface area contributed by atoms with Crippen LogP contribution in [0.1, 0.15) is 20.8 Å². The Morgan fingerprint density at radius 3 is 2.61 bits per heavy atom. The van der Waals surface area contributed by atoms with Crippen LogP contribution in [0.3, 0.4) is 0 Å². The Bertz CT molecular complexity index is 401. The Morgan fingerprint density at radius 2 is 2.00 bits per heavy atom. The fourth-order valence-electron chi connectivity index (χ4n) is 1.32. The Hall–Kier alpha value is -1.43. The Balaban J connectivity index is 2.76. The van der Waals surface area contributed by atoms with Crippen LogP contribution >= 0.6 is 11.8 Å². The third kappa shape index (κ3) is 4.10. The largest absolute Gasteiger partial charge is 0.463 e. The quantitative estimate of drug-likeness (QED) is 0.618. The second-order valence-corrected chi connectivity index (χ2v) is 4.57. The van der Waals surface area contributed by atoms with Crippen molar-refractivity contribution in [2.75, 3.05) is 19.0 Å². The first-order valence-electron chi connectivity index (χ1n) is 5.73. The lowest BCUT2D eigenvalue weighted by Crippen LogP contribution is -2.27. The zero-order chi connectivity index (χ0) is 13.5. The minimum absolute atomic E-state index is 0.321. The van der Waals surface area contributed by atoms with E-state index >= 15 is 0 Å². The molecule has 0 aromatic rings. The van der Waals surface area contributed by atoms with Crippen LogP contribution in [-0.2, 0) is 19.1 Å². The highest BCUT2D eigenvalue weighted by Crippen LogP contribution is 2.25. The molecule has 0 saturated carbocycles. The third-order valence-electron chi connectivity index (χ3n) is 2.13. The van der Waals surface area contributed by atoms with Gasteiger partial charge in [0.15, 0.2) is 0 Å². The van der Waals surface area contributed by atoms with Crippen LogP contribution in [0.25, 0.3) is 0 Å². The van der Waals surface area contributed by atoms with Gasteiger partial charge < -0.3 is 14.8 Å². The van der Waals surface area contributed by atoms with E-state index in [1.54, 1.807) is 13.8 Å². The van der Waals surface area contributed by atoms with Gasteiger partial charge in [-0.3, -0.25) is 0 Å². The highest BCUT2D eigenvalue weighted by Gasteiger charge is 2.21. The number of hydrogen-bond acceptors (Lipinski definition) is 6. The van der Waals surface area contributed by atoms with Crippen molar-refractivity contribution in [3.8, 4) is 0 Å². The van der Waals surface area contributed by atoms with Gasteiger partial charge in [0.25, 0.3) is 0 Å². The van der Waals surface area contributed by atoms with Crippen LogP contribution < -0.4 is 5.32 Å². The molecule has 18 heavy (non-hydrogen) atoms. The van der Waals surface area contributed by atoms with E-state index in [1.165, 1.54) is 17.8 Å². The average molecular weight is 271 g/mol. The number of carbonyl (C=O) groups excluding carboxylic acids is 2. The molecule has 1 rings (SSSR count). The van der Waals surface area contributed by atoms with Crippen molar-refractivity contribution in [3.05, 3.63) is 22.4 Å². The second kappa shape index (κ2) is 7.10. The molecule has 5 nitrogen and oxygen atoms in total. The molecule has 0 aromatic heterocycles. The zero-order valence-corrected chi connectivity index (χ0v) is 11.6. The first-order valence-corrected chi connectivity index (χ1v) is 6.72. The van der Waals surface area contributed by atoms with E-state index < -0.39 is 11.9 Å². The van der Waals surface area contributed by atoms with Gasteiger partial charge >= 0.3 is 11.9 Å². The Kier molecular flexibility index (Phi) is 5.77. The maximum absolute atomic E-state index is 11.7.